The number of aromatic nitrogens is 1. The molecule has 3 heterocycles. The van der Waals surface area contributed by atoms with Crippen molar-refractivity contribution in [2.45, 2.75) is 13.0 Å². The van der Waals surface area contributed by atoms with E-state index in [0.717, 1.165) is 44.3 Å². The first-order valence-corrected chi connectivity index (χ1v) is 9.94. The van der Waals surface area contributed by atoms with Crippen LogP contribution in [0.3, 0.4) is 0 Å². The molecule has 4 aromatic rings. The zero-order chi connectivity index (χ0) is 19.1. The van der Waals surface area contributed by atoms with E-state index in [1.165, 1.54) is 0 Å². The number of carbonyl (C=O) groups excluding carboxylic acids is 1. The summed E-state index contributed by atoms with van der Waals surface area (Å²) in [7, 11) is 1.66. The molecule has 0 saturated heterocycles. The van der Waals surface area contributed by atoms with Gasteiger partial charge in [-0.15, -0.1) is 11.3 Å². The highest BCUT2D eigenvalue weighted by Gasteiger charge is 2.27. The molecule has 0 unspecified atom stereocenters. The van der Waals surface area contributed by atoms with Crippen LogP contribution in [-0.4, -0.2) is 29.4 Å². The summed E-state index contributed by atoms with van der Waals surface area (Å²) < 4.78 is 11.1. The molecule has 2 aromatic carbocycles. The van der Waals surface area contributed by atoms with Crippen molar-refractivity contribution in [1.29, 1.82) is 0 Å². The number of thiazole rings is 1. The van der Waals surface area contributed by atoms with Gasteiger partial charge in [0.1, 0.15) is 16.3 Å². The Balaban J connectivity index is 1.40. The van der Waals surface area contributed by atoms with E-state index in [0.29, 0.717) is 18.8 Å². The maximum Gasteiger partial charge on any atom is 0.289 e. The van der Waals surface area contributed by atoms with Crippen molar-refractivity contribution in [2.75, 3.05) is 13.7 Å². The minimum atomic E-state index is -0.0711. The van der Waals surface area contributed by atoms with Crippen LogP contribution in [0.2, 0.25) is 0 Å². The molecule has 0 radical (unpaired) electrons. The summed E-state index contributed by atoms with van der Waals surface area (Å²) in [6, 6.07) is 17.4. The minimum Gasteiger partial charge on any atom is -0.497 e. The number of para-hydroxylation sites is 1. The maximum absolute atomic E-state index is 12.9. The lowest BCUT2D eigenvalue weighted by Crippen LogP contribution is -2.35. The first-order chi connectivity index (χ1) is 13.7. The highest BCUT2D eigenvalue weighted by atomic mass is 32.1. The molecule has 0 saturated carbocycles. The van der Waals surface area contributed by atoms with Gasteiger partial charge in [0.05, 0.1) is 19.3 Å². The summed E-state index contributed by atoms with van der Waals surface area (Å²) in [6.45, 7) is 1.21. The van der Waals surface area contributed by atoms with Crippen LogP contribution >= 0.6 is 11.3 Å². The zero-order valence-electron chi connectivity index (χ0n) is 15.3. The first kappa shape index (κ1) is 17.0. The number of amides is 1. The van der Waals surface area contributed by atoms with Crippen molar-refractivity contribution in [2.24, 2.45) is 0 Å². The van der Waals surface area contributed by atoms with Gasteiger partial charge in [0.15, 0.2) is 5.76 Å². The second-order valence-electron chi connectivity index (χ2n) is 6.75. The van der Waals surface area contributed by atoms with Crippen LogP contribution in [0.25, 0.3) is 21.5 Å². The quantitative estimate of drug-likeness (QED) is 0.506. The molecular formula is C22H18N2O3S. The standard InChI is InChI=1S/C22H18N2O3S/c1-26-16-7-4-6-15(11-16)21-23-17-9-10-24(13-20(17)28-21)22(25)19-12-14-5-2-3-8-18(14)27-19/h2-8,11-12H,9-10,13H2,1H3. The number of fused-ring (bicyclic) bond motifs is 2. The van der Waals surface area contributed by atoms with Crippen LogP contribution in [0.1, 0.15) is 21.1 Å². The van der Waals surface area contributed by atoms with Crippen molar-refractivity contribution in [3.05, 3.63) is 70.9 Å². The van der Waals surface area contributed by atoms with E-state index in [4.69, 9.17) is 14.1 Å². The predicted octanol–water partition coefficient (Wildman–Crippen LogP) is 4.76. The van der Waals surface area contributed by atoms with Gasteiger partial charge in [-0.05, 0) is 24.3 Å². The van der Waals surface area contributed by atoms with Gasteiger partial charge in [0, 0.05) is 28.8 Å². The molecule has 0 atom stereocenters. The highest BCUT2D eigenvalue weighted by molar-refractivity contribution is 7.15. The third-order valence-corrected chi connectivity index (χ3v) is 6.10. The molecule has 140 valence electrons. The molecule has 28 heavy (non-hydrogen) atoms. The van der Waals surface area contributed by atoms with Gasteiger partial charge in [-0.2, -0.15) is 0 Å². The predicted molar refractivity (Wildman–Crippen MR) is 109 cm³/mol. The number of benzene rings is 2. The van der Waals surface area contributed by atoms with Crippen molar-refractivity contribution in [3.8, 4) is 16.3 Å². The lowest BCUT2D eigenvalue weighted by atomic mass is 10.1. The van der Waals surface area contributed by atoms with Gasteiger partial charge < -0.3 is 14.1 Å². The number of hydrogen-bond donors (Lipinski definition) is 0. The molecule has 0 bridgehead atoms. The summed E-state index contributed by atoms with van der Waals surface area (Å²) in [5.41, 5.74) is 2.85. The summed E-state index contributed by atoms with van der Waals surface area (Å²) in [6.07, 6.45) is 0.752. The molecular weight excluding hydrogens is 372 g/mol. The van der Waals surface area contributed by atoms with Crippen LogP contribution in [0.15, 0.2) is 59.0 Å². The number of furan rings is 1. The van der Waals surface area contributed by atoms with Gasteiger partial charge in [-0.25, -0.2) is 4.98 Å². The molecule has 0 spiro atoms. The summed E-state index contributed by atoms with van der Waals surface area (Å²) in [5.74, 6) is 1.13. The average molecular weight is 390 g/mol. The molecule has 5 nitrogen and oxygen atoms in total. The van der Waals surface area contributed by atoms with Gasteiger partial charge >= 0.3 is 0 Å². The Labute approximate surface area is 166 Å². The third-order valence-electron chi connectivity index (χ3n) is 4.97. The lowest BCUT2D eigenvalue weighted by Gasteiger charge is -2.25. The Morgan fingerprint density at radius 2 is 2.07 bits per heavy atom. The first-order valence-electron chi connectivity index (χ1n) is 9.12. The molecule has 5 rings (SSSR count). The van der Waals surface area contributed by atoms with Crippen LogP contribution in [0.4, 0.5) is 0 Å². The van der Waals surface area contributed by atoms with Crippen LogP contribution in [0, 0.1) is 0 Å². The van der Waals surface area contributed by atoms with E-state index < -0.39 is 0 Å². The number of carbonyl (C=O) groups is 1. The van der Waals surface area contributed by atoms with E-state index in [-0.39, 0.29) is 5.91 Å². The van der Waals surface area contributed by atoms with Crippen molar-refractivity contribution in [3.63, 3.8) is 0 Å². The molecule has 1 amide bonds. The topological polar surface area (TPSA) is 55.6 Å². The van der Waals surface area contributed by atoms with Crippen LogP contribution in [-0.2, 0) is 13.0 Å². The van der Waals surface area contributed by atoms with Gasteiger partial charge in [-0.3, -0.25) is 4.79 Å². The summed E-state index contributed by atoms with van der Waals surface area (Å²) in [4.78, 5) is 20.7. The monoisotopic (exact) mass is 390 g/mol. The zero-order valence-corrected chi connectivity index (χ0v) is 16.2. The van der Waals surface area contributed by atoms with Crippen molar-refractivity contribution in [1.82, 2.24) is 9.88 Å². The van der Waals surface area contributed by atoms with Gasteiger partial charge in [-0.1, -0.05) is 30.3 Å². The molecule has 0 fully saturated rings. The minimum absolute atomic E-state index is 0.0711. The van der Waals surface area contributed by atoms with Gasteiger partial charge in [0.2, 0.25) is 0 Å². The van der Waals surface area contributed by atoms with Gasteiger partial charge in [0.25, 0.3) is 5.91 Å². The van der Waals surface area contributed by atoms with Crippen molar-refractivity contribution >= 4 is 28.2 Å². The number of nitrogens with zero attached hydrogens (tertiary/aromatic N) is 2. The number of methoxy groups -OCH3 is 1. The molecule has 1 aliphatic rings. The highest BCUT2D eigenvalue weighted by Crippen LogP contribution is 2.33. The summed E-state index contributed by atoms with van der Waals surface area (Å²) >= 11 is 1.64. The third kappa shape index (κ3) is 2.96. The molecule has 6 heteroatoms. The second-order valence-corrected chi connectivity index (χ2v) is 7.83. The fraction of sp³-hybridized carbons (Fsp3) is 0.182. The summed E-state index contributed by atoms with van der Waals surface area (Å²) in [5, 5.41) is 1.91. The van der Waals surface area contributed by atoms with Crippen LogP contribution in [0.5, 0.6) is 5.75 Å². The Kier molecular flexibility index (Phi) is 4.13. The van der Waals surface area contributed by atoms with Crippen molar-refractivity contribution < 1.29 is 13.9 Å². The van der Waals surface area contributed by atoms with E-state index in [9.17, 15) is 4.79 Å². The number of hydrogen-bond acceptors (Lipinski definition) is 5. The Morgan fingerprint density at radius 3 is 2.93 bits per heavy atom. The Hall–Kier alpha value is -3.12. The molecule has 2 aromatic heterocycles. The fourth-order valence-electron chi connectivity index (χ4n) is 3.49. The van der Waals surface area contributed by atoms with E-state index >= 15 is 0 Å². The maximum atomic E-state index is 12.9. The Morgan fingerprint density at radius 1 is 1.18 bits per heavy atom. The smallest absolute Gasteiger partial charge is 0.289 e. The Bertz CT molecular complexity index is 1140. The van der Waals surface area contributed by atoms with E-state index in [2.05, 4.69) is 0 Å². The second kappa shape index (κ2) is 6.80. The number of ether oxygens (including phenoxy) is 1. The van der Waals surface area contributed by atoms with E-state index in [1.54, 1.807) is 18.4 Å². The molecule has 1 aliphatic heterocycles. The molecule has 0 aliphatic carbocycles. The largest absolute Gasteiger partial charge is 0.497 e. The fourth-order valence-corrected chi connectivity index (χ4v) is 4.61. The SMILES string of the molecule is COc1cccc(-c2nc3c(s2)CN(C(=O)c2cc4ccccc4o2)CC3)c1. The van der Waals surface area contributed by atoms with Crippen LogP contribution < -0.4 is 4.74 Å². The average Bonchev–Trinajstić information content (AvgIpc) is 3.36. The normalized spacial score (nSPS) is 13.5. The van der Waals surface area contributed by atoms with E-state index in [1.807, 2.05) is 59.5 Å². The lowest BCUT2D eigenvalue weighted by molar-refractivity contribution is 0.0706. The molecule has 0 N–H and O–H groups in total. The number of rotatable bonds is 3.